The Labute approximate surface area is 118 Å². The van der Waals surface area contributed by atoms with Crippen LogP contribution in [0, 0.1) is 0 Å². The van der Waals surface area contributed by atoms with E-state index < -0.39 is 5.60 Å². The monoisotopic (exact) mass is 281 g/mol. The van der Waals surface area contributed by atoms with E-state index in [-0.39, 0.29) is 29.6 Å². The van der Waals surface area contributed by atoms with Gasteiger partial charge in [0.05, 0.1) is 6.10 Å². The summed E-state index contributed by atoms with van der Waals surface area (Å²) in [4.78, 5) is 16.4. The van der Waals surface area contributed by atoms with E-state index in [0.717, 1.165) is 0 Å². The van der Waals surface area contributed by atoms with Gasteiger partial charge < -0.3 is 19.7 Å². The van der Waals surface area contributed by atoms with Crippen molar-refractivity contribution in [1.29, 1.82) is 0 Å². The molecule has 0 aliphatic carbocycles. The molecule has 2 unspecified atom stereocenters. The molecule has 0 amide bonds. The lowest BCUT2D eigenvalue weighted by Crippen LogP contribution is -2.44. The molecule has 2 heterocycles. The average molecular weight is 281 g/mol. The number of rotatable bonds is 3. The van der Waals surface area contributed by atoms with Crippen LogP contribution < -0.4 is 10.9 Å². The van der Waals surface area contributed by atoms with Crippen LogP contribution in [0.2, 0.25) is 0 Å². The molecule has 0 spiro atoms. The van der Waals surface area contributed by atoms with Crippen LogP contribution in [-0.4, -0.2) is 39.5 Å². The Hall–Kier alpha value is -1.40. The van der Waals surface area contributed by atoms with Gasteiger partial charge in [0, 0.05) is 37.5 Å². The van der Waals surface area contributed by atoms with Crippen LogP contribution in [0.3, 0.4) is 0 Å². The van der Waals surface area contributed by atoms with Gasteiger partial charge in [0.25, 0.3) is 5.56 Å². The lowest BCUT2D eigenvalue weighted by molar-refractivity contribution is -0.0176. The third kappa shape index (κ3) is 2.86. The number of aliphatic hydroxyl groups is 1. The van der Waals surface area contributed by atoms with Gasteiger partial charge in [0.2, 0.25) is 0 Å². The maximum absolute atomic E-state index is 12.3. The Bertz CT molecular complexity index is 535. The molecule has 1 aliphatic heterocycles. The molecule has 1 saturated heterocycles. The van der Waals surface area contributed by atoms with Crippen molar-refractivity contribution >= 4 is 5.82 Å². The lowest BCUT2D eigenvalue weighted by atomic mass is 9.97. The Morgan fingerprint density at radius 3 is 2.85 bits per heavy atom. The molecule has 112 valence electrons. The highest BCUT2D eigenvalue weighted by Gasteiger charge is 2.39. The Morgan fingerprint density at radius 1 is 1.60 bits per heavy atom. The summed E-state index contributed by atoms with van der Waals surface area (Å²) in [6.45, 7) is 8.49. The first-order chi connectivity index (χ1) is 9.24. The molecular formula is C14H23N3O3. The van der Waals surface area contributed by atoms with E-state index in [2.05, 4.69) is 10.3 Å². The molecule has 2 rings (SSSR count). The largest absolute Gasteiger partial charge is 0.385 e. The Kier molecular flexibility index (Phi) is 3.88. The highest BCUT2D eigenvalue weighted by molar-refractivity contribution is 5.32. The Morgan fingerprint density at radius 2 is 2.30 bits per heavy atom. The molecule has 1 fully saturated rings. The van der Waals surface area contributed by atoms with E-state index in [4.69, 9.17) is 4.74 Å². The van der Waals surface area contributed by atoms with Crippen molar-refractivity contribution in [3.8, 4) is 0 Å². The van der Waals surface area contributed by atoms with E-state index in [1.54, 1.807) is 17.0 Å². The lowest BCUT2D eigenvalue weighted by Gasteiger charge is -2.27. The number of hydrogen-bond donors (Lipinski definition) is 2. The molecular weight excluding hydrogens is 258 g/mol. The number of ether oxygens (including phenoxy) is 1. The molecule has 20 heavy (non-hydrogen) atoms. The summed E-state index contributed by atoms with van der Waals surface area (Å²) in [7, 11) is 0. The van der Waals surface area contributed by atoms with Crippen molar-refractivity contribution in [2.75, 3.05) is 18.5 Å². The van der Waals surface area contributed by atoms with Gasteiger partial charge in [-0.1, -0.05) is 0 Å². The zero-order chi connectivity index (χ0) is 15.0. The highest BCUT2D eigenvalue weighted by Crippen LogP contribution is 2.25. The molecule has 0 radical (unpaired) electrons. The number of hydrogen-bond acceptors (Lipinski definition) is 5. The fourth-order valence-corrected chi connectivity index (χ4v) is 2.30. The van der Waals surface area contributed by atoms with Crippen LogP contribution in [0.1, 0.15) is 34.1 Å². The van der Waals surface area contributed by atoms with Crippen molar-refractivity contribution in [1.82, 2.24) is 9.55 Å². The quantitative estimate of drug-likeness (QED) is 0.862. The summed E-state index contributed by atoms with van der Waals surface area (Å²) in [5.41, 5.74) is -1.44. The van der Waals surface area contributed by atoms with Crippen molar-refractivity contribution in [3.63, 3.8) is 0 Å². The topological polar surface area (TPSA) is 76.4 Å². The first-order valence-corrected chi connectivity index (χ1v) is 6.90. The fraction of sp³-hybridized carbons (Fsp3) is 0.714. The second-order valence-corrected chi connectivity index (χ2v) is 6.34. The van der Waals surface area contributed by atoms with E-state index in [1.807, 2.05) is 27.7 Å². The molecule has 0 bridgehead atoms. The van der Waals surface area contributed by atoms with Crippen molar-refractivity contribution in [2.24, 2.45) is 0 Å². The molecule has 0 saturated carbocycles. The van der Waals surface area contributed by atoms with E-state index in [0.29, 0.717) is 13.0 Å². The van der Waals surface area contributed by atoms with Crippen molar-refractivity contribution in [3.05, 3.63) is 22.7 Å². The molecule has 6 nitrogen and oxygen atoms in total. The minimum absolute atomic E-state index is 0.185. The number of nitrogens with one attached hydrogen (secondary N) is 1. The predicted octanol–water partition coefficient (Wildman–Crippen LogP) is 0.950. The predicted molar refractivity (Wildman–Crippen MR) is 77.0 cm³/mol. The van der Waals surface area contributed by atoms with Gasteiger partial charge in [0.1, 0.15) is 5.60 Å². The highest BCUT2D eigenvalue weighted by atomic mass is 16.5. The normalized spacial score (nSPS) is 26.8. The SMILES string of the molecule is CC1OCCC1(O)CNc1nccn(C(C)(C)C)c1=O. The molecule has 1 aliphatic rings. The maximum Gasteiger partial charge on any atom is 0.293 e. The average Bonchev–Trinajstić information content (AvgIpc) is 2.67. The van der Waals surface area contributed by atoms with Crippen LogP contribution in [-0.2, 0) is 10.3 Å². The summed E-state index contributed by atoms with van der Waals surface area (Å²) >= 11 is 0. The Balaban J connectivity index is 2.17. The zero-order valence-electron chi connectivity index (χ0n) is 12.5. The summed E-state index contributed by atoms with van der Waals surface area (Å²) in [5.74, 6) is 0.259. The van der Waals surface area contributed by atoms with Gasteiger partial charge in [-0.2, -0.15) is 0 Å². The second kappa shape index (κ2) is 5.18. The molecule has 1 aromatic rings. The van der Waals surface area contributed by atoms with Crippen molar-refractivity contribution in [2.45, 2.75) is 51.4 Å². The molecule has 1 aromatic heterocycles. The molecule has 0 aromatic carbocycles. The maximum atomic E-state index is 12.3. The third-order valence-corrected chi connectivity index (χ3v) is 3.78. The van der Waals surface area contributed by atoms with Gasteiger partial charge in [0.15, 0.2) is 5.82 Å². The van der Waals surface area contributed by atoms with Crippen LogP contribution in [0.25, 0.3) is 0 Å². The third-order valence-electron chi connectivity index (χ3n) is 3.78. The smallest absolute Gasteiger partial charge is 0.293 e. The molecule has 2 N–H and O–H groups in total. The van der Waals surface area contributed by atoms with Gasteiger partial charge in [-0.05, 0) is 27.7 Å². The zero-order valence-corrected chi connectivity index (χ0v) is 12.5. The first kappa shape index (κ1) is 15.0. The minimum atomic E-state index is -0.948. The number of anilines is 1. The fourth-order valence-electron chi connectivity index (χ4n) is 2.30. The van der Waals surface area contributed by atoms with Crippen LogP contribution in [0.5, 0.6) is 0 Å². The molecule has 6 heteroatoms. The summed E-state index contributed by atoms with van der Waals surface area (Å²) in [5, 5.41) is 13.4. The first-order valence-electron chi connectivity index (χ1n) is 6.90. The summed E-state index contributed by atoms with van der Waals surface area (Å²) in [6, 6.07) is 0. The number of aromatic nitrogens is 2. The van der Waals surface area contributed by atoms with Crippen molar-refractivity contribution < 1.29 is 9.84 Å². The van der Waals surface area contributed by atoms with Gasteiger partial charge >= 0.3 is 0 Å². The van der Waals surface area contributed by atoms with E-state index in [9.17, 15) is 9.90 Å². The van der Waals surface area contributed by atoms with Crippen LogP contribution >= 0.6 is 0 Å². The van der Waals surface area contributed by atoms with E-state index >= 15 is 0 Å². The standard InChI is InChI=1S/C14H23N3O3/c1-10-14(19,5-8-20-10)9-16-11-12(18)17(7-6-15-11)13(2,3)4/h6-7,10,19H,5,8-9H2,1-4H3,(H,15,16). The van der Waals surface area contributed by atoms with E-state index in [1.165, 1.54) is 0 Å². The minimum Gasteiger partial charge on any atom is -0.385 e. The number of nitrogens with zero attached hydrogens (tertiary/aromatic N) is 2. The van der Waals surface area contributed by atoms with Gasteiger partial charge in [-0.3, -0.25) is 4.79 Å². The second-order valence-electron chi connectivity index (χ2n) is 6.34. The van der Waals surface area contributed by atoms with Crippen LogP contribution in [0.15, 0.2) is 17.2 Å². The summed E-state index contributed by atoms with van der Waals surface area (Å²) in [6.07, 6.45) is 3.57. The van der Waals surface area contributed by atoms with Crippen LogP contribution in [0.4, 0.5) is 5.82 Å². The van der Waals surface area contributed by atoms with Gasteiger partial charge in [-0.15, -0.1) is 0 Å². The summed E-state index contributed by atoms with van der Waals surface area (Å²) < 4.78 is 7.00. The molecule has 2 atom stereocenters. The van der Waals surface area contributed by atoms with Gasteiger partial charge in [-0.25, -0.2) is 4.98 Å².